The summed E-state index contributed by atoms with van der Waals surface area (Å²) in [6.45, 7) is 2.82. The zero-order valence-electron chi connectivity index (χ0n) is 16.1. The van der Waals surface area contributed by atoms with Crippen LogP contribution in [0.2, 0.25) is 0 Å². The number of carbonyl (C=O) groups excluding carboxylic acids is 1. The minimum atomic E-state index is -2.60. The lowest BCUT2D eigenvalue weighted by Gasteiger charge is -2.28. The predicted octanol–water partition coefficient (Wildman–Crippen LogP) is 3.74. The molecule has 1 aromatic heterocycles. The van der Waals surface area contributed by atoms with E-state index in [9.17, 15) is 13.6 Å². The Morgan fingerprint density at radius 1 is 1.36 bits per heavy atom. The largest absolute Gasteiger partial charge is 0.493 e. The number of hydrogen-bond acceptors (Lipinski definition) is 4. The van der Waals surface area contributed by atoms with Crippen molar-refractivity contribution >= 4 is 16.9 Å². The molecule has 152 valence electrons. The molecule has 0 spiro atoms. The number of fused-ring (bicyclic) bond motifs is 3. The molecule has 0 atom stereocenters. The highest BCUT2D eigenvalue weighted by Gasteiger charge is 2.37. The standard InChI is InChI=1S/C21H26F2N2O3/c1-27-17-4-2-3-16-15-7-11-25(13-18(15)28-19(16)17)12-10-24-20(26)14-5-8-21(22,23)9-6-14/h2-4,14H,5-13H2,1H3,(H,24,26). The molecule has 1 aliphatic carbocycles. The van der Waals surface area contributed by atoms with E-state index in [1.165, 1.54) is 5.56 Å². The summed E-state index contributed by atoms with van der Waals surface area (Å²) in [6, 6.07) is 5.93. The maximum absolute atomic E-state index is 13.2. The molecule has 1 N–H and O–H groups in total. The van der Waals surface area contributed by atoms with Crippen LogP contribution >= 0.6 is 0 Å². The van der Waals surface area contributed by atoms with Gasteiger partial charge in [-0.2, -0.15) is 0 Å². The van der Waals surface area contributed by atoms with Crippen molar-refractivity contribution in [3.63, 3.8) is 0 Å². The number of rotatable bonds is 5. The lowest BCUT2D eigenvalue weighted by Crippen LogP contribution is -2.41. The summed E-state index contributed by atoms with van der Waals surface area (Å²) in [5.74, 6) is -1.29. The van der Waals surface area contributed by atoms with E-state index in [1.807, 2.05) is 12.1 Å². The van der Waals surface area contributed by atoms with Gasteiger partial charge >= 0.3 is 0 Å². The zero-order valence-corrected chi connectivity index (χ0v) is 16.1. The highest BCUT2D eigenvalue weighted by molar-refractivity contribution is 5.87. The molecule has 2 aromatic rings. The molecule has 0 saturated heterocycles. The summed E-state index contributed by atoms with van der Waals surface area (Å²) >= 11 is 0. The molecule has 1 saturated carbocycles. The highest BCUT2D eigenvalue weighted by Crippen LogP contribution is 2.37. The van der Waals surface area contributed by atoms with Gasteiger partial charge in [0.2, 0.25) is 11.8 Å². The zero-order chi connectivity index (χ0) is 19.7. The number of carbonyl (C=O) groups is 1. The molecule has 1 fully saturated rings. The van der Waals surface area contributed by atoms with Gasteiger partial charge in [0.15, 0.2) is 11.3 Å². The Morgan fingerprint density at radius 2 is 2.14 bits per heavy atom. The second-order valence-electron chi connectivity index (χ2n) is 7.79. The van der Waals surface area contributed by atoms with Gasteiger partial charge in [-0.25, -0.2) is 8.78 Å². The predicted molar refractivity (Wildman–Crippen MR) is 102 cm³/mol. The quantitative estimate of drug-likeness (QED) is 0.842. The van der Waals surface area contributed by atoms with Crippen LogP contribution < -0.4 is 10.1 Å². The van der Waals surface area contributed by atoms with Crippen LogP contribution in [0, 0.1) is 5.92 Å². The Morgan fingerprint density at radius 3 is 2.89 bits per heavy atom. The van der Waals surface area contributed by atoms with Crippen molar-refractivity contribution in [1.82, 2.24) is 10.2 Å². The van der Waals surface area contributed by atoms with Crippen molar-refractivity contribution in [1.29, 1.82) is 0 Å². The highest BCUT2D eigenvalue weighted by atomic mass is 19.3. The Kier molecular flexibility index (Phi) is 5.27. The van der Waals surface area contributed by atoms with Gasteiger partial charge in [0, 0.05) is 49.3 Å². The molecule has 4 rings (SSSR count). The molecular formula is C21H26F2N2O3. The first-order chi connectivity index (χ1) is 13.5. The van der Waals surface area contributed by atoms with Crippen LogP contribution in [-0.2, 0) is 17.8 Å². The van der Waals surface area contributed by atoms with E-state index < -0.39 is 5.92 Å². The number of ether oxygens (including phenoxy) is 1. The van der Waals surface area contributed by atoms with Crippen LogP contribution in [0.3, 0.4) is 0 Å². The monoisotopic (exact) mass is 392 g/mol. The van der Waals surface area contributed by atoms with E-state index in [4.69, 9.17) is 9.15 Å². The van der Waals surface area contributed by atoms with Crippen LogP contribution in [0.1, 0.15) is 37.0 Å². The van der Waals surface area contributed by atoms with Crippen molar-refractivity contribution in [2.24, 2.45) is 5.92 Å². The molecule has 0 bridgehead atoms. The van der Waals surface area contributed by atoms with E-state index in [-0.39, 0.29) is 37.5 Å². The Balaban J connectivity index is 1.30. The van der Waals surface area contributed by atoms with Crippen molar-refractivity contribution in [2.45, 2.75) is 44.6 Å². The molecule has 2 aliphatic rings. The van der Waals surface area contributed by atoms with Crippen molar-refractivity contribution in [3.05, 3.63) is 29.5 Å². The number of furan rings is 1. The number of benzene rings is 1. The van der Waals surface area contributed by atoms with E-state index in [1.54, 1.807) is 7.11 Å². The van der Waals surface area contributed by atoms with Crippen LogP contribution in [0.4, 0.5) is 8.78 Å². The first-order valence-electron chi connectivity index (χ1n) is 9.92. The Bertz CT molecular complexity index is 855. The van der Waals surface area contributed by atoms with E-state index in [2.05, 4.69) is 16.3 Å². The normalized spacial score (nSPS) is 20.1. The molecule has 1 aliphatic heterocycles. The molecule has 2 heterocycles. The van der Waals surface area contributed by atoms with Crippen LogP contribution in [-0.4, -0.2) is 43.5 Å². The smallest absolute Gasteiger partial charge is 0.248 e. The maximum Gasteiger partial charge on any atom is 0.248 e. The third kappa shape index (κ3) is 3.85. The molecular weight excluding hydrogens is 366 g/mol. The fourth-order valence-corrected chi connectivity index (χ4v) is 4.28. The van der Waals surface area contributed by atoms with Gasteiger partial charge in [-0.3, -0.25) is 9.69 Å². The van der Waals surface area contributed by atoms with E-state index >= 15 is 0 Å². The van der Waals surface area contributed by atoms with Crippen LogP contribution in [0.5, 0.6) is 5.75 Å². The molecule has 1 aromatic carbocycles. The fraction of sp³-hybridized carbons (Fsp3) is 0.571. The SMILES string of the molecule is COc1cccc2c3c(oc12)CN(CCNC(=O)C1CCC(F)(F)CC1)CC3. The first kappa shape index (κ1) is 19.2. The van der Waals surface area contributed by atoms with Crippen LogP contribution in [0.25, 0.3) is 11.0 Å². The summed E-state index contributed by atoms with van der Waals surface area (Å²) in [4.78, 5) is 14.5. The number of para-hydroxylation sites is 1. The minimum absolute atomic E-state index is 0.0957. The number of halogens is 2. The van der Waals surface area contributed by atoms with Gasteiger partial charge in [0.05, 0.1) is 13.7 Å². The molecule has 0 unspecified atom stereocenters. The number of amides is 1. The topological polar surface area (TPSA) is 54.7 Å². The summed E-state index contributed by atoms with van der Waals surface area (Å²) in [5, 5.41) is 4.03. The molecule has 5 nitrogen and oxygen atoms in total. The Hall–Kier alpha value is -2.15. The second-order valence-corrected chi connectivity index (χ2v) is 7.79. The van der Waals surface area contributed by atoms with Gasteiger partial charge < -0.3 is 14.5 Å². The summed E-state index contributed by atoms with van der Waals surface area (Å²) in [6.07, 6.45) is 1.06. The van der Waals surface area contributed by atoms with Gasteiger partial charge in [0.1, 0.15) is 5.76 Å². The first-order valence-corrected chi connectivity index (χ1v) is 9.92. The van der Waals surface area contributed by atoms with Gasteiger partial charge in [-0.1, -0.05) is 12.1 Å². The minimum Gasteiger partial charge on any atom is -0.493 e. The van der Waals surface area contributed by atoms with E-state index in [0.29, 0.717) is 19.6 Å². The van der Waals surface area contributed by atoms with Gasteiger partial charge in [-0.05, 0) is 25.3 Å². The van der Waals surface area contributed by atoms with Gasteiger partial charge in [0.25, 0.3) is 0 Å². The Labute approximate surface area is 163 Å². The number of methoxy groups -OCH3 is 1. The summed E-state index contributed by atoms with van der Waals surface area (Å²) in [5.41, 5.74) is 2.02. The van der Waals surface area contributed by atoms with E-state index in [0.717, 1.165) is 35.4 Å². The van der Waals surface area contributed by atoms with Crippen molar-refractivity contribution < 1.29 is 22.7 Å². The van der Waals surface area contributed by atoms with Crippen molar-refractivity contribution in [2.75, 3.05) is 26.7 Å². The van der Waals surface area contributed by atoms with Crippen molar-refractivity contribution in [3.8, 4) is 5.75 Å². The summed E-state index contributed by atoms with van der Waals surface area (Å²) in [7, 11) is 1.64. The van der Waals surface area contributed by atoms with Crippen LogP contribution in [0.15, 0.2) is 22.6 Å². The second kappa shape index (κ2) is 7.70. The average molecular weight is 392 g/mol. The number of nitrogens with zero attached hydrogens (tertiary/aromatic N) is 1. The molecule has 0 radical (unpaired) electrons. The number of nitrogens with one attached hydrogen (secondary N) is 1. The fourth-order valence-electron chi connectivity index (χ4n) is 4.28. The third-order valence-electron chi connectivity index (χ3n) is 5.95. The average Bonchev–Trinajstić information content (AvgIpc) is 3.05. The number of hydrogen-bond donors (Lipinski definition) is 1. The van der Waals surface area contributed by atoms with Gasteiger partial charge in [-0.15, -0.1) is 0 Å². The third-order valence-corrected chi connectivity index (χ3v) is 5.95. The molecule has 7 heteroatoms. The summed E-state index contributed by atoms with van der Waals surface area (Å²) < 4.78 is 37.9. The molecule has 1 amide bonds. The number of alkyl halides is 2. The lowest BCUT2D eigenvalue weighted by atomic mass is 9.86. The molecule has 28 heavy (non-hydrogen) atoms. The lowest BCUT2D eigenvalue weighted by molar-refractivity contribution is -0.129. The maximum atomic E-state index is 13.2.